The van der Waals surface area contributed by atoms with Crippen molar-refractivity contribution in [2.45, 2.75) is 13.0 Å². The number of carbonyl (C=O) groups is 1. The van der Waals surface area contributed by atoms with Crippen molar-refractivity contribution in [3.63, 3.8) is 0 Å². The number of anilines is 1. The van der Waals surface area contributed by atoms with E-state index < -0.39 is 6.04 Å². The zero-order chi connectivity index (χ0) is 24.1. The number of rotatable bonds is 7. The molecule has 9 nitrogen and oxygen atoms in total. The van der Waals surface area contributed by atoms with E-state index in [1.807, 2.05) is 43.3 Å². The number of aliphatic hydroxyl groups excluding tert-OH is 1. The van der Waals surface area contributed by atoms with E-state index in [0.29, 0.717) is 42.6 Å². The monoisotopic (exact) mass is 464 g/mol. The zero-order valence-corrected chi connectivity index (χ0v) is 19.5. The molecule has 0 bridgehead atoms. The molecule has 1 atom stereocenters. The summed E-state index contributed by atoms with van der Waals surface area (Å²) in [4.78, 5) is 25.7. The lowest BCUT2D eigenvalue weighted by molar-refractivity contribution is 0.0558. The predicted octanol–water partition coefficient (Wildman–Crippen LogP) is 2.92. The predicted molar refractivity (Wildman–Crippen MR) is 127 cm³/mol. The second kappa shape index (κ2) is 10.4. The number of amides is 1. The Morgan fingerprint density at radius 2 is 1.79 bits per heavy atom. The van der Waals surface area contributed by atoms with Crippen LogP contribution in [0.15, 0.2) is 54.9 Å². The third-order valence-electron chi connectivity index (χ3n) is 5.74. The Morgan fingerprint density at radius 3 is 2.50 bits per heavy atom. The highest BCUT2D eigenvalue weighted by Gasteiger charge is 2.33. The number of para-hydroxylation sites is 1. The molecule has 0 unspecified atom stereocenters. The quantitative estimate of drug-likeness (QED) is 0.570. The van der Waals surface area contributed by atoms with Crippen molar-refractivity contribution in [3.8, 4) is 23.0 Å². The van der Waals surface area contributed by atoms with E-state index in [9.17, 15) is 9.90 Å². The molecule has 178 valence electrons. The van der Waals surface area contributed by atoms with Gasteiger partial charge in [-0.3, -0.25) is 9.78 Å². The van der Waals surface area contributed by atoms with E-state index in [-0.39, 0.29) is 18.2 Å². The Morgan fingerprint density at radius 1 is 1.03 bits per heavy atom. The molecule has 9 heteroatoms. The number of ether oxygens (including phenoxy) is 3. The van der Waals surface area contributed by atoms with Gasteiger partial charge in [-0.25, -0.2) is 4.98 Å². The van der Waals surface area contributed by atoms with Gasteiger partial charge in [0.1, 0.15) is 17.2 Å². The van der Waals surface area contributed by atoms with Crippen LogP contribution in [0.25, 0.3) is 0 Å². The zero-order valence-electron chi connectivity index (χ0n) is 19.5. The van der Waals surface area contributed by atoms with E-state index in [1.165, 1.54) is 13.3 Å². The number of pyridine rings is 2. The number of nitrogens with zero attached hydrogens (tertiary/aromatic N) is 4. The first kappa shape index (κ1) is 23.3. The van der Waals surface area contributed by atoms with Crippen LogP contribution in [0.3, 0.4) is 0 Å². The van der Waals surface area contributed by atoms with Crippen LogP contribution in [0.2, 0.25) is 0 Å². The molecule has 0 aliphatic carbocycles. The van der Waals surface area contributed by atoms with Gasteiger partial charge in [0.25, 0.3) is 5.91 Å². The molecule has 34 heavy (non-hydrogen) atoms. The summed E-state index contributed by atoms with van der Waals surface area (Å²) in [6.45, 7) is 3.13. The van der Waals surface area contributed by atoms with Crippen molar-refractivity contribution in [1.29, 1.82) is 0 Å². The summed E-state index contributed by atoms with van der Waals surface area (Å²) >= 11 is 0. The number of methoxy groups -OCH3 is 2. The molecule has 2 aromatic heterocycles. The van der Waals surface area contributed by atoms with Crippen LogP contribution in [0.4, 0.5) is 5.69 Å². The first-order valence-corrected chi connectivity index (χ1v) is 11.0. The molecule has 1 saturated heterocycles. The molecule has 3 heterocycles. The lowest BCUT2D eigenvalue weighted by atomic mass is 10.1. The molecular weight excluding hydrogens is 436 g/mol. The molecule has 1 aliphatic rings. The molecule has 0 saturated carbocycles. The van der Waals surface area contributed by atoms with E-state index in [2.05, 4.69) is 14.9 Å². The van der Waals surface area contributed by atoms with Crippen LogP contribution >= 0.6 is 0 Å². The first-order valence-electron chi connectivity index (χ1n) is 11.0. The molecule has 3 aromatic rings. The molecule has 4 rings (SSSR count). The maximum absolute atomic E-state index is 13.3. The van der Waals surface area contributed by atoms with Gasteiger partial charge in [-0.05, 0) is 19.1 Å². The molecule has 0 radical (unpaired) electrons. The largest absolute Gasteiger partial charge is 0.494 e. The van der Waals surface area contributed by atoms with E-state index >= 15 is 0 Å². The Balaban J connectivity index is 1.51. The van der Waals surface area contributed by atoms with Crippen molar-refractivity contribution in [1.82, 2.24) is 14.9 Å². The van der Waals surface area contributed by atoms with E-state index in [0.717, 1.165) is 11.4 Å². The van der Waals surface area contributed by atoms with Crippen LogP contribution in [-0.2, 0) is 0 Å². The summed E-state index contributed by atoms with van der Waals surface area (Å²) in [5.41, 5.74) is 1.91. The van der Waals surface area contributed by atoms with Crippen LogP contribution in [-0.4, -0.2) is 72.4 Å². The Kier molecular flexibility index (Phi) is 7.12. The Labute approximate surface area is 198 Å². The number of benzene rings is 1. The van der Waals surface area contributed by atoms with Gasteiger partial charge in [0.05, 0.1) is 44.9 Å². The molecular formula is C25H28N4O5. The standard InChI is InChI=1S/C25H28N4O5/c1-17-11-22(32-2)21(13-26-17)28-9-10-29(18(15-28)16-30)25(31)20-12-23(33-3)24(14-27-20)34-19-7-5-4-6-8-19/h4-8,11-14,18,30H,9-10,15-16H2,1-3H3/t18-/m1/s1. The number of aliphatic hydroxyl groups is 1. The van der Waals surface area contributed by atoms with E-state index in [4.69, 9.17) is 14.2 Å². The second-order valence-corrected chi connectivity index (χ2v) is 7.91. The summed E-state index contributed by atoms with van der Waals surface area (Å²) in [5.74, 6) is 1.88. The highest BCUT2D eigenvalue weighted by molar-refractivity contribution is 5.93. The molecule has 1 amide bonds. The molecule has 1 N–H and O–H groups in total. The van der Waals surface area contributed by atoms with Crippen molar-refractivity contribution < 1.29 is 24.1 Å². The van der Waals surface area contributed by atoms with Crippen LogP contribution in [0, 0.1) is 6.92 Å². The highest BCUT2D eigenvalue weighted by Crippen LogP contribution is 2.33. The van der Waals surface area contributed by atoms with Gasteiger partial charge in [-0.15, -0.1) is 0 Å². The number of carbonyl (C=O) groups excluding carboxylic acids is 1. The lowest BCUT2D eigenvalue weighted by Crippen LogP contribution is -2.57. The van der Waals surface area contributed by atoms with Crippen molar-refractivity contribution in [2.75, 3.05) is 45.4 Å². The van der Waals surface area contributed by atoms with Crippen molar-refractivity contribution in [3.05, 3.63) is 66.2 Å². The normalized spacial score (nSPS) is 15.7. The molecule has 1 fully saturated rings. The summed E-state index contributed by atoms with van der Waals surface area (Å²) in [6, 6.07) is 12.3. The van der Waals surface area contributed by atoms with Gasteiger partial charge in [-0.1, -0.05) is 18.2 Å². The van der Waals surface area contributed by atoms with Crippen LogP contribution in [0.1, 0.15) is 16.2 Å². The minimum Gasteiger partial charge on any atom is -0.494 e. The van der Waals surface area contributed by atoms with Gasteiger partial charge < -0.3 is 29.1 Å². The Bertz CT molecular complexity index is 1140. The Hall–Kier alpha value is -3.85. The van der Waals surface area contributed by atoms with Crippen LogP contribution < -0.4 is 19.1 Å². The third kappa shape index (κ3) is 4.89. The number of hydrogen-bond acceptors (Lipinski definition) is 8. The minimum absolute atomic E-state index is 0.184. The fourth-order valence-electron chi connectivity index (χ4n) is 3.97. The van der Waals surface area contributed by atoms with Gasteiger partial charge in [0, 0.05) is 37.5 Å². The van der Waals surface area contributed by atoms with Gasteiger partial charge in [0.2, 0.25) is 0 Å². The average molecular weight is 465 g/mol. The number of aryl methyl sites for hydroxylation is 1. The van der Waals surface area contributed by atoms with Gasteiger partial charge in [0.15, 0.2) is 11.5 Å². The lowest BCUT2D eigenvalue weighted by Gasteiger charge is -2.41. The smallest absolute Gasteiger partial charge is 0.273 e. The SMILES string of the molecule is COc1cc(C(=O)N2CCN(c3cnc(C)cc3OC)C[C@@H]2CO)ncc1Oc1ccccc1. The number of aromatic nitrogens is 2. The van der Waals surface area contributed by atoms with Gasteiger partial charge in [-0.2, -0.15) is 0 Å². The molecule has 1 aromatic carbocycles. The highest BCUT2D eigenvalue weighted by atomic mass is 16.5. The summed E-state index contributed by atoms with van der Waals surface area (Å²) in [7, 11) is 3.13. The van der Waals surface area contributed by atoms with Crippen molar-refractivity contribution in [2.24, 2.45) is 0 Å². The fourth-order valence-corrected chi connectivity index (χ4v) is 3.97. The minimum atomic E-state index is -0.416. The third-order valence-corrected chi connectivity index (χ3v) is 5.74. The number of piperazine rings is 1. The summed E-state index contributed by atoms with van der Waals surface area (Å²) in [6.07, 6.45) is 3.24. The summed E-state index contributed by atoms with van der Waals surface area (Å²) in [5, 5.41) is 10.1. The average Bonchev–Trinajstić information content (AvgIpc) is 2.88. The molecule has 0 spiro atoms. The topological polar surface area (TPSA) is 97.3 Å². The first-order chi connectivity index (χ1) is 16.5. The fraction of sp³-hybridized carbons (Fsp3) is 0.320. The van der Waals surface area contributed by atoms with Gasteiger partial charge >= 0.3 is 0 Å². The summed E-state index contributed by atoms with van der Waals surface area (Å²) < 4.78 is 16.8. The molecule has 1 aliphatic heterocycles. The van der Waals surface area contributed by atoms with E-state index in [1.54, 1.807) is 24.3 Å². The maximum Gasteiger partial charge on any atom is 0.273 e. The van der Waals surface area contributed by atoms with Crippen LogP contribution in [0.5, 0.6) is 23.0 Å². The van der Waals surface area contributed by atoms with Crippen molar-refractivity contribution >= 4 is 11.6 Å². The number of hydrogen-bond donors (Lipinski definition) is 1. The second-order valence-electron chi connectivity index (χ2n) is 7.91. The maximum atomic E-state index is 13.3.